The zero-order valence-corrected chi connectivity index (χ0v) is 16.0. The standard InChI is InChI=1S/C25H23NO/c1-4-18-10-15-23-22(16-18)24(19-11-13-21(27-3)14-12-19)17(2)25(26-23)20-8-6-5-7-9-20/h5-16H,4H2,1-3H3. The Bertz CT molecular complexity index is 1080. The Morgan fingerprint density at radius 3 is 2.26 bits per heavy atom. The Morgan fingerprint density at radius 2 is 1.59 bits per heavy atom. The van der Waals surface area contributed by atoms with Crippen LogP contribution in [-0.4, -0.2) is 12.1 Å². The average Bonchev–Trinajstić information content (AvgIpc) is 2.73. The van der Waals surface area contributed by atoms with E-state index in [-0.39, 0.29) is 0 Å². The van der Waals surface area contributed by atoms with Crippen LogP contribution in [0.2, 0.25) is 0 Å². The van der Waals surface area contributed by atoms with Crippen molar-refractivity contribution in [3.05, 3.63) is 83.9 Å². The lowest BCUT2D eigenvalue weighted by Crippen LogP contribution is -1.96. The molecular weight excluding hydrogens is 330 g/mol. The van der Waals surface area contributed by atoms with Crippen LogP contribution < -0.4 is 4.74 Å². The van der Waals surface area contributed by atoms with Crippen LogP contribution >= 0.6 is 0 Å². The van der Waals surface area contributed by atoms with Crippen molar-refractivity contribution in [2.45, 2.75) is 20.3 Å². The number of aromatic nitrogens is 1. The molecule has 0 aliphatic rings. The second-order valence-corrected chi connectivity index (χ2v) is 6.76. The van der Waals surface area contributed by atoms with Crippen molar-refractivity contribution >= 4 is 10.9 Å². The zero-order chi connectivity index (χ0) is 18.8. The summed E-state index contributed by atoms with van der Waals surface area (Å²) in [7, 11) is 1.70. The monoisotopic (exact) mass is 353 g/mol. The number of benzene rings is 3. The molecule has 0 fully saturated rings. The predicted molar refractivity (Wildman–Crippen MR) is 113 cm³/mol. The van der Waals surface area contributed by atoms with Crippen molar-refractivity contribution < 1.29 is 4.74 Å². The molecule has 1 aromatic heterocycles. The third kappa shape index (κ3) is 3.19. The third-order valence-corrected chi connectivity index (χ3v) is 5.13. The molecule has 1 heterocycles. The lowest BCUT2D eigenvalue weighted by Gasteiger charge is -2.16. The van der Waals surface area contributed by atoms with Crippen LogP contribution in [0.15, 0.2) is 72.8 Å². The van der Waals surface area contributed by atoms with Crippen molar-refractivity contribution in [2.75, 3.05) is 7.11 Å². The van der Waals surface area contributed by atoms with Crippen LogP contribution in [0.25, 0.3) is 33.3 Å². The van der Waals surface area contributed by atoms with Crippen molar-refractivity contribution in [3.63, 3.8) is 0 Å². The van der Waals surface area contributed by atoms with Gasteiger partial charge in [0, 0.05) is 10.9 Å². The maximum atomic E-state index is 5.34. The van der Waals surface area contributed by atoms with Gasteiger partial charge in [-0.2, -0.15) is 0 Å². The number of aryl methyl sites for hydroxylation is 1. The molecule has 0 unspecified atom stereocenters. The van der Waals surface area contributed by atoms with Gasteiger partial charge in [-0.25, -0.2) is 4.98 Å². The lowest BCUT2D eigenvalue weighted by molar-refractivity contribution is 0.415. The first-order chi connectivity index (χ1) is 13.2. The van der Waals surface area contributed by atoms with Crippen LogP contribution in [-0.2, 0) is 6.42 Å². The highest BCUT2D eigenvalue weighted by Gasteiger charge is 2.15. The smallest absolute Gasteiger partial charge is 0.118 e. The van der Waals surface area contributed by atoms with E-state index in [4.69, 9.17) is 9.72 Å². The molecule has 0 aliphatic heterocycles. The molecule has 0 radical (unpaired) electrons. The molecular formula is C25H23NO. The minimum Gasteiger partial charge on any atom is -0.497 e. The summed E-state index contributed by atoms with van der Waals surface area (Å²) in [5.41, 5.74) is 8.17. The fourth-order valence-electron chi connectivity index (χ4n) is 3.63. The summed E-state index contributed by atoms with van der Waals surface area (Å²) in [5.74, 6) is 0.868. The Hall–Kier alpha value is -3.13. The van der Waals surface area contributed by atoms with Gasteiger partial charge in [-0.15, -0.1) is 0 Å². The van der Waals surface area contributed by atoms with E-state index >= 15 is 0 Å². The molecule has 4 rings (SSSR count). The van der Waals surface area contributed by atoms with Gasteiger partial charge in [0.05, 0.1) is 18.3 Å². The summed E-state index contributed by atoms with van der Waals surface area (Å²) in [4.78, 5) is 5.02. The van der Waals surface area contributed by atoms with Gasteiger partial charge in [0.2, 0.25) is 0 Å². The SMILES string of the molecule is CCc1ccc2nc(-c3ccccc3)c(C)c(-c3ccc(OC)cc3)c2c1. The number of methoxy groups -OCH3 is 1. The summed E-state index contributed by atoms with van der Waals surface area (Å²) in [6, 6.07) is 25.3. The summed E-state index contributed by atoms with van der Waals surface area (Å²) in [5, 5.41) is 1.21. The topological polar surface area (TPSA) is 22.1 Å². The van der Waals surface area contributed by atoms with E-state index in [0.29, 0.717) is 0 Å². The number of fused-ring (bicyclic) bond motifs is 1. The quantitative estimate of drug-likeness (QED) is 0.421. The van der Waals surface area contributed by atoms with Gasteiger partial charge in [-0.05, 0) is 59.9 Å². The fraction of sp³-hybridized carbons (Fsp3) is 0.160. The summed E-state index contributed by atoms with van der Waals surface area (Å²) < 4.78 is 5.34. The molecule has 2 heteroatoms. The normalized spacial score (nSPS) is 10.9. The lowest BCUT2D eigenvalue weighted by atomic mass is 9.92. The van der Waals surface area contributed by atoms with Crippen LogP contribution in [0.5, 0.6) is 5.75 Å². The van der Waals surface area contributed by atoms with Gasteiger partial charge in [0.15, 0.2) is 0 Å². The molecule has 27 heavy (non-hydrogen) atoms. The first kappa shape index (κ1) is 17.3. The Labute approximate surface area is 160 Å². The van der Waals surface area contributed by atoms with Crippen LogP contribution in [0, 0.1) is 6.92 Å². The molecule has 2 nitrogen and oxygen atoms in total. The Kier molecular flexibility index (Phi) is 4.64. The van der Waals surface area contributed by atoms with Crippen LogP contribution in [0.1, 0.15) is 18.1 Å². The number of pyridine rings is 1. The van der Waals surface area contributed by atoms with Gasteiger partial charge in [-0.3, -0.25) is 0 Å². The molecule has 0 atom stereocenters. The average molecular weight is 353 g/mol. The van der Waals surface area contributed by atoms with Crippen molar-refractivity contribution in [1.29, 1.82) is 0 Å². The highest BCUT2D eigenvalue weighted by Crippen LogP contribution is 2.37. The second kappa shape index (κ2) is 7.24. The maximum Gasteiger partial charge on any atom is 0.118 e. The minimum atomic E-state index is 0.868. The highest BCUT2D eigenvalue weighted by atomic mass is 16.5. The fourth-order valence-corrected chi connectivity index (χ4v) is 3.63. The zero-order valence-electron chi connectivity index (χ0n) is 16.0. The molecule has 4 aromatic rings. The summed E-state index contributed by atoms with van der Waals surface area (Å²) in [6.07, 6.45) is 1.01. The highest BCUT2D eigenvalue weighted by molar-refractivity contribution is 5.99. The van der Waals surface area contributed by atoms with Gasteiger partial charge >= 0.3 is 0 Å². The summed E-state index contributed by atoms with van der Waals surface area (Å²) >= 11 is 0. The third-order valence-electron chi connectivity index (χ3n) is 5.13. The minimum absolute atomic E-state index is 0.868. The van der Waals surface area contributed by atoms with Crippen molar-refractivity contribution in [1.82, 2.24) is 4.98 Å². The Balaban J connectivity index is 2.04. The van der Waals surface area contributed by atoms with E-state index in [2.05, 4.69) is 68.4 Å². The molecule has 0 spiro atoms. The molecule has 0 amide bonds. The van der Waals surface area contributed by atoms with E-state index in [1.54, 1.807) is 7.11 Å². The van der Waals surface area contributed by atoms with Crippen LogP contribution in [0.4, 0.5) is 0 Å². The number of ether oxygens (including phenoxy) is 1. The van der Waals surface area contributed by atoms with E-state index < -0.39 is 0 Å². The van der Waals surface area contributed by atoms with E-state index in [9.17, 15) is 0 Å². The van der Waals surface area contributed by atoms with E-state index in [1.165, 1.54) is 27.6 Å². The van der Waals surface area contributed by atoms with Gasteiger partial charge in [0.1, 0.15) is 5.75 Å². The number of hydrogen-bond acceptors (Lipinski definition) is 2. The molecule has 0 N–H and O–H groups in total. The maximum absolute atomic E-state index is 5.34. The summed E-state index contributed by atoms with van der Waals surface area (Å²) in [6.45, 7) is 4.36. The second-order valence-electron chi connectivity index (χ2n) is 6.76. The predicted octanol–water partition coefficient (Wildman–Crippen LogP) is 6.45. The number of rotatable bonds is 4. The van der Waals surface area contributed by atoms with Crippen molar-refractivity contribution in [2.24, 2.45) is 0 Å². The van der Waals surface area contributed by atoms with Gasteiger partial charge in [0.25, 0.3) is 0 Å². The van der Waals surface area contributed by atoms with E-state index in [1.807, 2.05) is 18.2 Å². The largest absolute Gasteiger partial charge is 0.497 e. The van der Waals surface area contributed by atoms with Gasteiger partial charge < -0.3 is 4.74 Å². The van der Waals surface area contributed by atoms with Gasteiger partial charge in [-0.1, -0.05) is 55.5 Å². The van der Waals surface area contributed by atoms with Crippen molar-refractivity contribution in [3.8, 4) is 28.1 Å². The molecule has 134 valence electrons. The molecule has 0 saturated heterocycles. The molecule has 3 aromatic carbocycles. The first-order valence-corrected chi connectivity index (χ1v) is 9.34. The van der Waals surface area contributed by atoms with Crippen LogP contribution in [0.3, 0.4) is 0 Å². The molecule has 0 saturated carbocycles. The molecule has 0 bridgehead atoms. The number of hydrogen-bond donors (Lipinski definition) is 0. The molecule has 0 aliphatic carbocycles. The van der Waals surface area contributed by atoms with E-state index in [0.717, 1.165) is 28.9 Å². The first-order valence-electron chi connectivity index (χ1n) is 9.34. The Morgan fingerprint density at radius 1 is 0.852 bits per heavy atom. The number of nitrogens with zero attached hydrogens (tertiary/aromatic N) is 1.